The average Bonchev–Trinajstić information content (AvgIpc) is 2.03. The van der Waals surface area contributed by atoms with Crippen molar-refractivity contribution in [2.24, 2.45) is 0 Å². The lowest BCUT2D eigenvalue weighted by Crippen LogP contribution is -2.08. The minimum absolute atomic E-state index is 0.170. The Bertz CT molecular complexity index is 329. The summed E-state index contributed by atoms with van der Waals surface area (Å²) in [6.45, 7) is 0. The molecule has 62 valence electrons. The number of anilines is 2. The first-order valence-corrected chi connectivity index (χ1v) is 3.50. The molecule has 1 aromatic heterocycles. The van der Waals surface area contributed by atoms with E-state index >= 15 is 0 Å². The lowest BCUT2D eigenvalue weighted by atomic mass is 10.3. The Morgan fingerprint density at radius 1 is 1.67 bits per heavy atom. The zero-order chi connectivity index (χ0) is 9.14. The van der Waals surface area contributed by atoms with Crippen LogP contribution in [0.2, 0.25) is 0 Å². The monoisotopic (exact) mass is 181 g/mol. The smallest absolute Gasteiger partial charge is 0.161 e. The molecule has 1 heterocycles. The Kier molecular flexibility index (Phi) is 2.35. The molecule has 0 saturated heterocycles. The van der Waals surface area contributed by atoms with Gasteiger partial charge in [0.2, 0.25) is 0 Å². The van der Waals surface area contributed by atoms with Crippen LogP contribution in [0.4, 0.5) is 11.6 Å². The van der Waals surface area contributed by atoms with E-state index < -0.39 is 0 Å². The highest BCUT2D eigenvalue weighted by molar-refractivity contribution is 7.81. The summed E-state index contributed by atoms with van der Waals surface area (Å²) in [6, 6.07) is 1.90. The van der Waals surface area contributed by atoms with Crippen molar-refractivity contribution in [1.29, 1.82) is 5.26 Å². The van der Waals surface area contributed by atoms with Crippen molar-refractivity contribution in [3.8, 4) is 6.07 Å². The molecule has 0 amide bonds. The van der Waals surface area contributed by atoms with Gasteiger partial charge in [0.1, 0.15) is 23.8 Å². The second-order valence-corrected chi connectivity index (χ2v) is 2.69. The molecule has 0 aromatic carbocycles. The van der Waals surface area contributed by atoms with Crippen LogP contribution in [0.15, 0.2) is 6.33 Å². The maximum absolute atomic E-state index is 8.68. The Balaban J connectivity index is 3.30. The first-order valence-electron chi connectivity index (χ1n) is 3.10. The average molecular weight is 181 g/mol. The van der Waals surface area contributed by atoms with Gasteiger partial charge in [0.15, 0.2) is 5.82 Å². The van der Waals surface area contributed by atoms with Crippen molar-refractivity contribution in [3.05, 3.63) is 11.9 Å². The molecule has 6 heteroatoms. The fourth-order valence-corrected chi connectivity index (χ4v) is 0.894. The molecule has 0 aliphatic heterocycles. The summed E-state index contributed by atoms with van der Waals surface area (Å²) in [5.74, 6) is 0.580. The van der Waals surface area contributed by atoms with Crippen molar-refractivity contribution in [3.63, 3.8) is 0 Å². The zero-order valence-corrected chi connectivity index (χ0v) is 7.29. The second kappa shape index (κ2) is 3.28. The number of nitrogen functional groups attached to an aromatic ring is 1. The summed E-state index contributed by atoms with van der Waals surface area (Å²) in [7, 11) is 1.66. The maximum Gasteiger partial charge on any atom is 0.161 e. The Hall–Kier alpha value is -1.48. The van der Waals surface area contributed by atoms with Gasteiger partial charge >= 0.3 is 0 Å². The quantitative estimate of drug-likeness (QED) is 0.605. The predicted molar refractivity (Wildman–Crippen MR) is 48.5 cm³/mol. The van der Waals surface area contributed by atoms with E-state index in [0.29, 0.717) is 5.82 Å². The summed E-state index contributed by atoms with van der Waals surface area (Å²) in [5, 5.41) is 8.68. The fourth-order valence-electron chi connectivity index (χ4n) is 0.742. The van der Waals surface area contributed by atoms with Crippen LogP contribution in [-0.4, -0.2) is 17.0 Å². The third kappa shape index (κ3) is 1.40. The topological polar surface area (TPSA) is 78.8 Å². The van der Waals surface area contributed by atoms with Gasteiger partial charge in [0.25, 0.3) is 0 Å². The van der Waals surface area contributed by atoms with Gasteiger partial charge in [-0.05, 0) is 0 Å². The second-order valence-electron chi connectivity index (χ2n) is 2.09. The normalized spacial score (nSPS) is 9.08. The highest BCUT2D eigenvalue weighted by atomic mass is 32.1. The van der Waals surface area contributed by atoms with Gasteiger partial charge in [-0.3, -0.25) is 0 Å². The molecule has 2 N–H and O–H groups in total. The van der Waals surface area contributed by atoms with E-state index in [2.05, 4.69) is 22.8 Å². The molecule has 0 aliphatic rings. The maximum atomic E-state index is 8.68. The highest BCUT2D eigenvalue weighted by Gasteiger charge is 2.09. The standard InChI is InChI=1S/C6H7N5S/c1-11(12)6-4(2-7)5(8)9-3-10-6/h3,12H,1H3,(H2,8,9,10). The number of aromatic nitrogens is 2. The minimum Gasteiger partial charge on any atom is -0.382 e. The number of hydrogen-bond acceptors (Lipinski definition) is 6. The summed E-state index contributed by atoms with van der Waals surface area (Å²) in [6.07, 6.45) is 1.29. The van der Waals surface area contributed by atoms with Crippen molar-refractivity contribution >= 4 is 24.5 Å². The predicted octanol–water partition coefficient (Wildman–Crippen LogP) is 0.211. The molecule has 0 radical (unpaired) electrons. The number of nitriles is 1. The van der Waals surface area contributed by atoms with Gasteiger partial charge in [-0.1, -0.05) is 12.8 Å². The van der Waals surface area contributed by atoms with Crippen molar-refractivity contribution < 1.29 is 0 Å². The molecule has 0 fully saturated rings. The summed E-state index contributed by atoms with van der Waals surface area (Å²) < 4.78 is 1.41. The van der Waals surface area contributed by atoms with E-state index in [9.17, 15) is 0 Å². The molecule has 0 spiro atoms. The van der Waals surface area contributed by atoms with Crippen LogP contribution in [0, 0.1) is 11.3 Å². The molecule has 0 unspecified atom stereocenters. The molecule has 0 bridgehead atoms. The van der Waals surface area contributed by atoms with Gasteiger partial charge in [0.05, 0.1) is 0 Å². The van der Waals surface area contributed by atoms with Crippen LogP contribution in [-0.2, 0) is 0 Å². The van der Waals surface area contributed by atoms with Crippen LogP contribution in [0.1, 0.15) is 5.56 Å². The fraction of sp³-hybridized carbons (Fsp3) is 0.167. The van der Waals surface area contributed by atoms with Gasteiger partial charge in [-0.25, -0.2) is 9.97 Å². The SMILES string of the molecule is CN(S)c1ncnc(N)c1C#N. The molecule has 0 aliphatic carbocycles. The summed E-state index contributed by atoms with van der Waals surface area (Å²) in [5.41, 5.74) is 5.68. The number of nitrogens with two attached hydrogens (primary N) is 1. The van der Waals surface area contributed by atoms with Gasteiger partial charge in [0, 0.05) is 7.05 Å². The van der Waals surface area contributed by atoms with Crippen LogP contribution in [0.5, 0.6) is 0 Å². The van der Waals surface area contributed by atoms with Crippen LogP contribution in [0.25, 0.3) is 0 Å². The van der Waals surface area contributed by atoms with E-state index in [0.717, 1.165) is 0 Å². The first-order chi connectivity index (χ1) is 5.66. The van der Waals surface area contributed by atoms with Gasteiger partial charge in [-0.15, -0.1) is 0 Å². The molecule has 1 rings (SSSR count). The number of thiol groups is 1. The molecular weight excluding hydrogens is 174 g/mol. The van der Waals surface area contributed by atoms with Crippen LogP contribution >= 0.6 is 12.8 Å². The Labute approximate surface area is 75.4 Å². The molecule has 1 aromatic rings. The summed E-state index contributed by atoms with van der Waals surface area (Å²) >= 11 is 3.99. The van der Waals surface area contributed by atoms with Crippen LogP contribution in [0.3, 0.4) is 0 Å². The molecular formula is C6H7N5S. The van der Waals surface area contributed by atoms with E-state index in [1.807, 2.05) is 6.07 Å². The molecule has 0 saturated carbocycles. The van der Waals surface area contributed by atoms with Gasteiger partial charge < -0.3 is 10.0 Å². The number of hydrogen-bond donors (Lipinski definition) is 2. The largest absolute Gasteiger partial charge is 0.382 e. The van der Waals surface area contributed by atoms with Crippen LogP contribution < -0.4 is 10.0 Å². The number of nitrogens with zero attached hydrogens (tertiary/aromatic N) is 4. The third-order valence-corrected chi connectivity index (χ3v) is 1.46. The van der Waals surface area contributed by atoms with E-state index in [1.165, 1.54) is 10.6 Å². The zero-order valence-electron chi connectivity index (χ0n) is 6.39. The minimum atomic E-state index is 0.170. The van der Waals surface area contributed by atoms with E-state index in [-0.39, 0.29) is 11.4 Å². The lowest BCUT2D eigenvalue weighted by Gasteiger charge is -2.10. The highest BCUT2D eigenvalue weighted by Crippen LogP contribution is 2.19. The Morgan fingerprint density at radius 3 is 2.75 bits per heavy atom. The molecule has 0 atom stereocenters. The summed E-state index contributed by atoms with van der Waals surface area (Å²) in [4.78, 5) is 7.52. The lowest BCUT2D eigenvalue weighted by molar-refractivity contribution is 1.12. The van der Waals surface area contributed by atoms with E-state index in [1.54, 1.807) is 7.05 Å². The third-order valence-electron chi connectivity index (χ3n) is 1.27. The van der Waals surface area contributed by atoms with Crippen molar-refractivity contribution in [1.82, 2.24) is 9.97 Å². The van der Waals surface area contributed by atoms with E-state index in [4.69, 9.17) is 11.0 Å². The van der Waals surface area contributed by atoms with Gasteiger partial charge in [-0.2, -0.15) is 5.26 Å². The Morgan fingerprint density at radius 2 is 2.33 bits per heavy atom. The van der Waals surface area contributed by atoms with Crippen molar-refractivity contribution in [2.45, 2.75) is 0 Å². The van der Waals surface area contributed by atoms with Crippen molar-refractivity contribution in [2.75, 3.05) is 17.1 Å². The first kappa shape index (κ1) is 8.62. The molecule has 5 nitrogen and oxygen atoms in total. The number of rotatable bonds is 1. The molecule has 12 heavy (non-hydrogen) atoms.